The van der Waals surface area contributed by atoms with Crippen LogP contribution in [0.1, 0.15) is 65.9 Å². The van der Waals surface area contributed by atoms with Crippen molar-refractivity contribution in [2.24, 2.45) is 11.1 Å². The Hall–Kier alpha value is -3.66. The highest BCUT2D eigenvalue weighted by atomic mass is 16.5. The summed E-state index contributed by atoms with van der Waals surface area (Å²) >= 11 is 0. The highest BCUT2D eigenvalue weighted by Crippen LogP contribution is 2.56. The molecule has 0 aliphatic heterocycles. The van der Waals surface area contributed by atoms with Crippen molar-refractivity contribution in [3.8, 4) is 11.6 Å². The third-order valence-electron chi connectivity index (χ3n) is 7.03. The Morgan fingerprint density at radius 3 is 2.67 bits per heavy atom. The van der Waals surface area contributed by atoms with Gasteiger partial charge in [0, 0.05) is 12.2 Å². The van der Waals surface area contributed by atoms with Crippen molar-refractivity contribution in [3.05, 3.63) is 53.5 Å². The molecule has 5 rings (SSSR count). The average Bonchev–Trinajstić information content (AvgIpc) is 3.20. The second kappa shape index (κ2) is 8.77. The molecule has 2 fully saturated rings. The van der Waals surface area contributed by atoms with E-state index in [1.165, 1.54) is 0 Å². The number of ether oxygens (including phenoxy) is 2. The molecule has 3 aromatic rings. The fraction of sp³-hybridized carbons (Fsp3) is 0.462. The zero-order valence-corrected chi connectivity index (χ0v) is 20.7. The van der Waals surface area contributed by atoms with E-state index in [1.54, 1.807) is 49.0 Å². The van der Waals surface area contributed by atoms with Crippen LogP contribution in [-0.4, -0.2) is 55.9 Å². The summed E-state index contributed by atoms with van der Waals surface area (Å²) in [6.07, 6.45) is 6.63. The lowest BCUT2D eigenvalue weighted by Crippen LogP contribution is -2.58. The Morgan fingerprint density at radius 1 is 1.22 bits per heavy atom. The molecule has 10 heteroatoms. The van der Waals surface area contributed by atoms with E-state index < -0.39 is 11.5 Å². The van der Waals surface area contributed by atoms with Crippen LogP contribution in [-0.2, 0) is 0 Å². The van der Waals surface area contributed by atoms with Crippen molar-refractivity contribution in [2.75, 3.05) is 6.61 Å². The number of nitrogens with two attached hydrogens (primary N) is 1. The van der Waals surface area contributed by atoms with Gasteiger partial charge >= 0.3 is 0 Å². The number of aliphatic hydroxyl groups is 1. The van der Waals surface area contributed by atoms with Gasteiger partial charge in [-0.1, -0.05) is 0 Å². The van der Waals surface area contributed by atoms with Gasteiger partial charge in [0.05, 0.1) is 28.6 Å². The summed E-state index contributed by atoms with van der Waals surface area (Å²) in [5.74, 6) is 0.183. The third-order valence-corrected chi connectivity index (χ3v) is 7.03. The van der Waals surface area contributed by atoms with E-state index >= 15 is 0 Å². The maximum atomic E-state index is 13.0. The zero-order chi connectivity index (χ0) is 25.7. The first kappa shape index (κ1) is 24.1. The smallest absolute Gasteiger partial charge is 0.255 e. The van der Waals surface area contributed by atoms with Gasteiger partial charge in [0.1, 0.15) is 24.0 Å². The molecule has 3 aromatic heterocycles. The Morgan fingerprint density at radius 2 is 1.97 bits per heavy atom. The largest absolute Gasteiger partial charge is 0.489 e. The predicted octanol–water partition coefficient (Wildman–Crippen LogP) is 2.41. The molecule has 4 N–H and O–H groups in total. The Balaban J connectivity index is 1.15. The molecule has 2 saturated carbocycles. The zero-order valence-electron chi connectivity index (χ0n) is 20.7. The van der Waals surface area contributed by atoms with Gasteiger partial charge in [-0.15, -0.1) is 0 Å². The first-order valence-corrected chi connectivity index (χ1v) is 12.1. The molecule has 0 aromatic carbocycles. The molecule has 3 heterocycles. The number of primary amides is 1. The maximum absolute atomic E-state index is 13.0. The number of carbonyl (C=O) groups is 2. The molecular weight excluding hydrogens is 462 g/mol. The fourth-order valence-corrected chi connectivity index (χ4v) is 5.25. The van der Waals surface area contributed by atoms with Crippen LogP contribution < -0.4 is 20.5 Å². The summed E-state index contributed by atoms with van der Waals surface area (Å²) in [4.78, 5) is 28.7. The molecule has 2 aliphatic rings. The van der Waals surface area contributed by atoms with Crippen molar-refractivity contribution in [1.29, 1.82) is 0 Å². The van der Waals surface area contributed by atoms with Crippen LogP contribution in [0.2, 0.25) is 0 Å². The van der Waals surface area contributed by atoms with Gasteiger partial charge in [0.2, 0.25) is 5.88 Å². The van der Waals surface area contributed by atoms with Gasteiger partial charge in [0.15, 0.2) is 0 Å². The van der Waals surface area contributed by atoms with Gasteiger partial charge in [-0.2, -0.15) is 5.10 Å². The van der Waals surface area contributed by atoms with E-state index in [2.05, 4.69) is 15.4 Å². The molecule has 10 nitrogen and oxygen atoms in total. The molecule has 2 amide bonds. The van der Waals surface area contributed by atoms with Crippen molar-refractivity contribution < 1.29 is 24.2 Å². The standard InChI is InChI=1S/C26H31N5O5/c1-15-21(35-14-25(2,3)34)7-6-20-19(13-29-31(15)20)23(33)30-16-9-26(10-16)11-17(12-26)36-24-18(22(27)32)5-4-8-28-24/h4-8,13,16-17,34H,9-12,14H2,1-3H3,(H2,27,32)(H,30,33). The summed E-state index contributed by atoms with van der Waals surface area (Å²) in [7, 11) is 0. The number of carbonyl (C=O) groups excluding carboxylic acids is 2. The van der Waals surface area contributed by atoms with E-state index in [-0.39, 0.29) is 41.5 Å². The molecular formula is C26H31N5O5. The van der Waals surface area contributed by atoms with Crippen molar-refractivity contribution >= 4 is 17.3 Å². The summed E-state index contributed by atoms with van der Waals surface area (Å²) in [5, 5.41) is 17.4. The van der Waals surface area contributed by atoms with Crippen LogP contribution >= 0.6 is 0 Å². The molecule has 1 spiro atoms. The number of rotatable bonds is 8. The Bertz CT molecular complexity index is 1310. The van der Waals surface area contributed by atoms with Gasteiger partial charge in [-0.25, -0.2) is 9.50 Å². The second-order valence-electron chi connectivity index (χ2n) is 10.7. The topological polar surface area (TPSA) is 141 Å². The first-order chi connectivity index (χ1) is 17.0. The number of aromatic nitrogens is 3. The van der Waals surface area contributed by atoms with E-state index in [9.17, 15) is 14.7 Å². The number of nitrogens with zero attached hydrogens (tertiary/aromatic N) is 3. The normalized spacial score (nSPS) is 23.1. The monoisotopic (exact) mass is 493 g/mol. The van der Waals surface area contributed by atoms with Crippen LogP contribution in [0, 0.1) is 12.3 Å². The Kier molecular flexibility index (Phi) is 5.86. The lowest BCUT2D eigenvalue weighted by molar-refractivity contribution is -0.0848. The minimum atomic E-state index is -0.950. The molecule has 0 saturated heterocycles. The predicted molar refractivity (Wildman–Crippen MR) is 131 cm³/mol. The number of aryl methyl sites for hydroxylation is 1. The lowest BCUT2D eigenvalue weighted by atomic mass is 9.53. The average molecular weight is 494 g/mol. The van der Waals surface area contributed by atoms with E-state index in [0.29, 0.717) is 16.8 Å². The highest BCUT2D eigenvalue weighted by Gasteiger charge is 2.54. The molecule has 0 atom stereocenters. The fourth-order valence-electron chi connectivity index (χ4n) is 5.25. The van der Waals surface area contributed by atoms with Crippen molar-refractivity contribution in [3.63, 3.8) is 0 Å². The van der Waals surface area contributed by atoms with Gasteiger partial charge in [-0.3, -0.25) is 9.59 Å². The summed E-state index contributed by atoms with van der Waals surface area (Å²) < 4.78 is 13.3. The molecule has 190 valence electrons. The van der Waals surface area contributed by atoms with Crippen molar-refractivity contribution in [2.45, 2.75) is 64.2 Å². The second-order valence-corrected chi connectivity index (χ2v) is 10.7. The number of hydrogen-bond donors (Lipinski definition) is 3. The minimum absolute atomic E-state index is 0.00920. The van der Waals surface area contributed by atoms with Gasteiger partial charge in [0.25, 0.3) is 11.8 Å². The summed E-state index contributed by atoms with van der Waals surface area (Å²) in [5.41, 5.74) is 6.87. The highest BCUT2D eigenvalue weighted by molar-refractivity contribution is 6.01. The molecule has 0 radical (unpaired) electrons. The number of fused-ring (bicyclic) bond motifs is 1. The lowest BCUT2D eigenvalue weighted by Gasteiger charge is -2.57. The van der Waals surface area contributed by atoms with Crippen LogP contribution in [0.3, 0.4) is 0 Å². The van der Waals surface area contributed by atoms with E-state index in [4.69, 9.17) is 15.2 Å². The van der Waals surface area contributed by atoms with Crippen molar-refractivity contribution in [1.82, 2.24) is 19.9 Å². The van der Waals surface area contributed by atoms with Gasteiger partial charge < -0.3 is 25.6 Å². The molecule has 0 unspecified atom stereocenters. The molecule has 2 aliphatic carbocycles. The molecule has 36 heavy (non-hydrogen) atoms. The van der Waals surface area contributed by atoms with Crippen LogP contribution in [0.15, 0.2) is 36.7 Å². The first-order valence-electron chi connectivity index (χ1n) is 12.1. The van der Waals surface area contributed by atoms with Gasteiger partial charge in [-0.05, 0) is 76.1 Å². The number of pyridine rings is 2. The number of amides is 2. The van der Waals surface area contributed by atoms with E-state index in [1.807, 2.05) is 13.0 Å². The number of hydrogen-bond acceptors (Lipinski definition) is 7. The molecule has 0 bridgehead atoms. The summed E-state index contributed by atoms with van der Waals surface area (Å²) in [6, 6.07) is 6.97. The third kappa shape index (κ3) is 4.60. The maximum Gasteiger partial charge on any atom is 0.255 e. The summed E-state index contributed by atoms with van der Waals surface area (Å²) in [6.45, 7) is 5.37. The van der Waals surface area contributed by atoms with Crippen LogP contribution in [0.25, 0.3) is 5.52 Å². The quantitative estimate of drug-likeness (QED) is 0.438. The minimum Gasteiger partial charge on any atom is -0.489 e. The number of nitrogens with one attached hydrogen (secondary N) is 1. The Labute approximate surface area is 208 Å². The van der Waals surface area contributed by atoms with Crippen LogP contribution in [0.4, 0.5) is 0 Å². The van der Waals surface area contributed by atoms with Crippen LogP contribution in [0.5, 0.6) is 11.6 Å². The van der Waals surface area contributed by atoms with E-state index in [0.717, 1.165) is 31.4 Å². The SMILES string of the molecule is Cc1c(OCC(C)(C)O)ccc2c(C(=O)NC3CC4(C3)CC(Oc3ncccc3C(N)=O)C4)cnn12.